The second-order valence-corrected chi connectivity index (χ2v) is 6.28. The normalized spacial score (nSPS) is 11.0. The summed E-state index contributed by atoms with van der Waals surface area (Å²) in [5, 5.41) is 0.842. The van der Waals surface area contributed by atoms with E-state index in [0.29, 0.717) is 17.6 Å². The van der Waals surface area contributed by atoms with Gasteiger partial charge < -0.3 is 13.9 Å². The summed E-state index contributed by atoms with van der Waals surface area (Å²) in [5.41, 5.74) is 5.63. The molecule has 4 rings (SSSR count). The van der Waals surface area contributed by atoms with Crippen molar-refractivity contribution in [1.29, 1.82) is 0 Å². The highest BCUT2D eigenvalue weighted by molar-refractivity contribution is 5.82. The van der Waals surface area contributed by atoms with Gasteiger partial charge in [-0.3, -0.25) is 0 Å². The van der Waals surface area contributed by atoms with Crippen LogP contribution in [0.15, 0.2) is 47.2 Å². The third-order valence-corrected chi connectivity index (χ3v) is 4.46. The fourth-order valence-corrected chi connectivity index (χ4v) is 3.21. The van der Waals surface area contributed by atoms with Gasteiger partial charge in [0.15, 0.2) is 0 Å². The predicted molar refractivity (Wildman–Crippen MR) is 102 cm³/mol. The molecule has 3 heterocycles. The molecular formula is C21H19N3O3. The first-order chi connectivity index (χ1) is 13.1. The van der Waals surface area contributed by atoms with Crippen LogP contribution >= 0.6 is 0 Å². The fourth-order valence-electron chi connectivity index (χ4n) is 3.21. The number of pyridine rings is 1. The molecule has 0 saturated heterocycles. The van der Waals surface area contributed by atoms with Crippen LogP contribution in [0.4, 0.5) is 0 Å². The molecule has 0 bridgehead atoms. The van der Waals surface area contributed by atoms with E-state index < -0.39 is 0 Å². The zero-order chi connectivity index (χ0) is 19.0. The second kappa shape index (κ2) is 6.72. The lowest BCUT2D eigenvalue weighted by Crippen LogP contribution is -2.01. The van der Waals surface area contributed by atoms with Gasteiger partial charge in [-0.25, -0.2) is 4.98 Å². The Morgan fingerprint density at radius 1 is 0.963 bits per heavy atom. The molecule has 6 nitrogen and oxygen atoms in total. The highest BCUT2D eigenvalue weighted by Crippen LogP contribution is 2.34. The number of hydrogen-bond donors (Lipinski definition) is 0. The summed E-state index contributed by atoms with van der Waals surface area (Å²) in [7, 11) is 1.57. The first-order valence-electron chi connectivity index (χ1n) is 8.57. The number of nitrogens with zero attached hydrogens (tertiary/aromatic N) is 3. The number of aryl methyl sites for hydroxylation is 3. The molecule has 4 aromatic rings. The number of benzene rings is 1. The second-order valence-electron chi connectivity index (χ2n) is 6.28. The van der Waals surface area contributed by atoms with Crippen molar-refractivity contribution in [2.75, 3.05) is 7.11 Å². The summed E-state index contributed by atoms with van der Waals surface area (Å²) in [6.45, 7) is 5.96. The molecule has 0 aliphatic rings. The van der Waals surface area contributed by atoms with Crippen LogP contribution in [-0.4, -0.2) is 22.1 Å². The number of methoxy groups -OCH3 is 1. The lowest BCUT2D eigenvalue weighted by molar-refractivity contribution is 0.378. The number of ether oxygens (including phenoxy) is 2. The molecule has 0 unspecified atom stereocenters. The van der Waals surface area contributed by atoms with Gasteiger partial charge in [0, 0.05) is 11.8 Å². The monoisotopic (exact) mass is 361 g/mol. The Kier molecular flexibility index (Phi) is 4.24. The average Bonchev–Trinajstić information content (AvgIpc) is 3.12. The molecule has 0 aliphatic heterocycles. The molecule has 0 saturated carbocycles. The molecule has 27 heavy (non-hydrogen) atoms. The number of hydrogen-bond acceptors (Lipinski definition) is 6. The lowest BCUT2D eigenvalue weighted by atomic mass is 9.98. The van der Waals surface area contributed by atoms with E-state index >= 15 is 0 Å². The van der Waals surface area contributed by atoms with E-state index in [1.807, 2.05) is 51.1 Å². The summed E-state index contributed by atoms with van der Waals surface area (Å²) < 4.78 is 16.5. The van der Waals surface area contributed by atoms with Crippen molar-refractivity contribution in [2.45, 2.75) is 20.8 Å². The SMILES string of the molecule is COc1nc(C)c(-c2ccc(Oc3nccc4occc34)cc2C)c(C)n1. The average molecular weight is 361 g/mol. The summed E-state index contributed by atoms with van der Waals surface area (Å²) in [5.74, 6) is 1.23. The molecule has 6 heteroatoms. The van der Waals surface area contributed by atoms with Crippen molar-refractivity contribution in [1.82, 2.24) is 15.0 Å². The van der Waals surface area contributed by atoms with Gasteiger partial charge in [-0.2, -0.15) is 9.97 Å². The van der Waals surface area contributed by atoms with E-state index in [1.54, 1.807) is 19.6 Å². The Bertz CT molecular complexity index is 1110. The fraction of sp³-hybridized carbons (Fsp3) is 0.190. The Morgan fingerprint density at radius 3 is 2.44 bits per heavy atom. The molecule has 0 spiro atoms. The highest BCUT2D eigenvalue weighted by Gasteiger charge is 2.14. The molecular weight excluding hydrogens is 342 g/mol. The summed E-state index contributed by atoms with van der Waals surface area (Å²) in [4.78, 5) is 13.1. The molecule has 0 aliphatic carbocycles. The molecule has 0 atom stereocenters. The largest absolute Gasteiger partial charge is 0.467 e. The van der Waals surface area contributed by atoms with Gasteiger partial charge in [-0.1, -0.05) is 6.07 Å². The molecule has 0 N–H and O–H groups in total. The minimum Gasteiger partial charge on any atom is -0.467 e. The summed E-state index contributed by atoms with van der Waals surface area (Å²) in [6.07, 6.45) is 3.30. The van der Waals surface area contributed by atoms with E-state index in [2.05, 4.69) is 15.0 Å². The van der Waals surface area contributed by atoms with Gasteiger partial charge in [0.2, 0.25) is 5.88 Å². The minimum atomic E-state index is 0.380. The van der Waals surface area contributed by atoms with Gasteiger partial charge in [-0.05, 0) is 56.2 Å². The number of furan rings is 1. The van der Waals surface area contributed by atoms with E-state index in [9.17, 15) is 0 Å². The Labute approximate surface area is 156 Å². The molecule has 3 aromatic heterocycles. The van der Waals surface area contributed by atoms with Crippen molar-refractivity contribution < 1.29 is 13.9 Å². The van der Waals surface area contributed by atoms with Crippen LogP contribution in [0.5, 0.6) is 17.6 Å². The zero-order valence-corrected chi connectivity index (χ0v) is 15.6. The maximum absolute atomic E-state index is 6.00. The highest BCUT2D eigenvalue weighted by atomic mass is 16.5. The topological polar surface area (TPSA) is 70.3 Å². The van der Waals surface area contributed by atoms with Crippen molar-refractivity contribution >= 4 is 11.0 Å². The van der Waals surface area contributed by atoms with E-state index in [4.69, 9.17) is 13.9 Å². The van der Waals surface area contributed by atoms with Crippen LogP contribution in [0, 0.1) is 20.8 Å². The third kappa shape index (κ3) is 3.10. The van der Waals surface area contributed by atoms with E-state index in [1.165, 1.54) is 0 Å². The Hall–Kier alpha value is -3.41. The maximum Gasteiger partial charge on any atom is 0.316 e. The van der Waals surface area contributed by atoms with E-state index in [0.717, 1.165) is 39.0 Å². The van der Waals surface area contributed by atoms with E-state index in [-0.39, 0.29) is 0 Å². The van der Waals surface area contributed by atoms with Gasteiger partial charge >= 0.3 is 6.01 Å². The standard InChI is InChI=1S/C21H19N3O3/c1-12-11-15(27-20-17-8-10-26-18(17)7-9-22-20)5-6-16(12)19-13(2)23-21(25-4)24-14(19)3/h5-11H,1-4H3. The number of aromatic nitrogens is 3. The Balaban J connectivity index is 1.71. The van der Waals surface area contributed by atoms with Crippen molar-refractivity contribution in [3.05, 3.63) is 59.7 Å². The van der Waals surface area contributed by atoms with Crippen molar-refractivity contribution in [3.63, 3.8) is 0 Å². The first-order valence-corrected chi connectivity index (χ1v) is 8.57. The van der Waals surface area contributed by atoms with Crippen LogP contribution in [0.1, 0.15) is 17.0 Å². The van der Waals surface area contributed by atoms with Crippen molar-refractivity contribution in [3.8, 4) is 28.8 Å². The Morgan fingerprint density at radius 2 is 1.74 bits per heavy atom. The minimum absolute atomic E-state index is 0.380. The van der Waals surface area contributed by atoms with Crippen LogP contribution in [-0.2, 0) is 0 Å². The number of fused-ring (bicyclic) bond motifs is 1. The van der Waals surface area contributed by atoms with Crippen molar-refractivity contribution in [2.24, 2.45) is 0 Å². The molecule has 1 aromatic carbocycles. The van der Waals surface area contributed by atoms with Gasteiger partial charge in [0.05, 0.1) is 30.1 Å². The van der Waals surface area contributed by atoms with Crippen LogP contribution in [0.3, 0.4) is 0 Å². The predicted octanol–water partition coefficient (Wildman–Crippen LogP) is 5.01. The lowest BCUT2D eigenvalue weighted by Gasteiger charge is -2.14. The third-order valence-electron chi connectivity index (χ3n) is 4.46. The van der Waals surface area contributed by atoms with Gasteiger partial charge in [-0.15, -0.1) is 0 Å². The molecule has 136 valence electrons. The first kappa shape index (κ1) is 17.0. The molecule has 0 fully saturated rings. The van der Waals surface area contributed by atoms with Crippen LogP contribution in [0.25, 0.3) is 22.1 Å². The number of rotatable bonds is 4. The summed E-state index contributed by atoms with van der Waals surface area (Å²) >= 11 is 0. The van der Waals surface area contributed by atoms with Gasteiger partial charge in [0.1, 0.15) is 11.3 Å². The zero-order valence-electron chi connectivity index (χ0n) is 15.6. The smallest absolute Gasteiger partial charge is 0.316 e. The van der Waals surface area contributed by atoms with Crippen LogP contribution in [0.2, 0.25) is 0 Å². The van der Waals surface area contributed by atoms with Gasteiger partial charge in [0.25, 0.3) is 0 Å². The molecule has 0 radical (unpaired) electrons. The maximum atomic E-state index is 6.00. The van der Waals surface area contributed by atoms with Crippen LogP contribution < -0.4 is 9.47 Å². The summed E-state index contributed by atoms with van der Waals surface area (Å²) in [6, 6.07) is 9.97. The quantitative estimate of drug-likeness (QED) is 0.509. The molecule has 0 amide bonds.